The maximum absolute atomic E-state index is 12.5. The predicted octanol–water partition coefficient (Wildman–Crippen LogP) is 3.04. The molecule has 2 heterocycles. The van der Waals surface area contributed by atoms with Crippen LogP contribution in [0.5, 0.6) is 11.5 Å². The first kappa shape index (κ1) is 16.6. The highest BCUT2D eigenvalue weighted by molar-refractivity contribution is 6.00. The fraction of sp³-hybridized carbons (Fsp3) is 0.556. The Labute approximate surface area is 141 Å². The second-order valence-corrected chi connectivity index (χ2v) is 7.40. The van der Waals surface area contributed by atoms with E-state index >= 15 is 0 Å². The fourth-order valence-electron chi connectivity index (χ4n) is 3.15. The number of Topliss-reactive ketones (excluding diaryl/α,β-unsaturated/α-hetero) is 1. The number of carbonyl (C=O) groups excluding carboxylic acids is 2. The van der Waals surface area contributed by atoms with Crippen LogP contribution >= 0.6 is 0 Å². The molecule has 0 aliphatic carbocycles. The van der Waals surface area contributed by atoms with Gasteiger partial charge in [0.25, 0.3) is 0 Å². The number of likely N-dealkylation sites (tertiary alicyclic amines) is 1. The van der Waals surface area contributed by atoms with E-state index in [1.165, 1.54) is 0 Å². The molecule has 0 aromatic heterocycles. The zero-order valence-corrected chi connectivity index (χ0v) is 14.5. The third-order valence-electron chi connectivity index (χ3n) is 4.26. The number of ketones is 1. The quantitative estimate of drug-likeness (QED) is 0.790. The molecule has 1 aromatic rings. The SMILES string of the molecule is COc1ccc2c(c1)C(=O)CC1(CCN(C(=O)OC(C)(C)C)C1)O2. The zero-order valence-electron chi connectivity index (χ0n) is 14.5. The Balaban J connectivity index is 1.77. The molecule has 0 N–H and O–H groups in total. The van der Waals surface area contributed by atoms with Crippen LogP contribution in [0.1, 0.15) is 44.0 Å². The van der Waals surface area contributed by atoms with E-state index in [9.17, 15) is 9.59 Å². The molecule has 3 rings (SSSR count). The van der Waals surface area contributed by atoms with Gasteiger partial charge in [0.2, 0.25) is 0 Å². The van der Waals surface area contributed by atoms with Crippen molar-refractivity contribution < 1.29 is 23.8 Å². The van der Waals surface area contributed by atoms with E-state index in [2.05, 4.69) is 0 Å². The minimum absolute atomic E-state index is 0.0150. The Kier molecular flexibility index (Phi) is 3.94. The Hall–Kier alpha value is -2.24. The van der Waals surface area contributed by atoms with Gasteiger partial charge in [-0.25, -0.2) is 4.79 Å². The standard InChI is InChI=1S/C18H23NO5/c1-17(2,3)24-16(21)19-8-7-18(11-19)10-14(20)13-9-12(22-4)5-6-15(13)23-18/h5-6,9H,7-8,10-11H2,1-4H3. The van der Waals surface area contributed by atoms with Crippen molar-refractivity contribution in [1.82, 2.24) is 4.90 Å². The maximum Gasteiger partial charge on any atom is 0.410 e. The molecule has 1 saturated heterocycles. The Morgan fingerprint density at radius 2 is 2.08 bits per heavy atom. The molecular weight excluding hydrogens is 310 g/mol. The summed E-state index contributed by atoms with van der Waals surface area (Å²) in [6, 6.07) is 5.22. The summed E-state index contributed by atoms with van der Waals surface area (Å²) in [5.41, 5.74) is -0.662. The molecule has 0 bridgehead atoms. The van der Waals surface area contributed by atoms with Crippen LogP contribution in [-0.2, 0) is 4.74 Å². The maximum atomic E-state index is 12.5. The van der Waals surface area contributed by atoms with Crippen LogP contribution in [0.15, 0.2) is 18.2 Å². The van der Waals surface area contributed by atoms with E-state index in [0.29, 0.717) is 36.6 Å². The van der Waals surface area contributed by atoms with Crippen LogP contribution in [0.2, 0.25) is 0 Å². The number of hydrogen-bond acceptors (Lipinski definition) is 5. The molecule has 2 aliphatic heterocycles. The lowest BCUT2D eigenvalue weighted by Gasteiger charge is -2.34. The summed E-state index contributed by atoms with van der Waals surface area (Å²) in [5, 5.41) is 0. The fourth-order valence-corrected chi connectivity index (χ4v) is 3.15. The summed E-state index contributed by atoms with van der Waals surface area (Å²) in [6.45, 7) is 6.38. The number of amides is 1. The first-order chi connectivity index (χ1) is 11.2. The van der Waals surface area contributed by atoms with Crippen molar-refractivity contribution in [2.75, 3.05) is 20.2 Å². The lowest BCUT2D eigenvalue weighted by molar-refractivity contribution is 0.0171. The van der Waals surface area contributed by atoms with Crippen molar-refractivity contribution in [3.05, 3.63) is 23.8 Å². The first-order valence-electron chi connectivity index (χ1n) is 8.10. The Morgan fingerprint density at radius 1 is 1.33 bits per heavy atom. The monoisotopic (exact) mass is 333 g/mol. The molecular formula is C18H23NO5. The van der Waals surface area contributed by atoms with E-state index in [0.717, 1.165) is 0 Å². The van der Waals surface area contributed by atoms with Crippen molar-refractivity contribution >= 4 is 11.9 Å². The number of nitrogens with zero attached hydrogens (tertiary/aromatic N) is 1. The number of carbonyl (C=O) groups is 2. The van der Waals surface area contributed by atoms with Crippen LogP contribution in [0.4, 0.5) is 4.79 Å². The van der Waals surface area contributed by atoms with Crippen LogP contribution < -0.4 is 9.47 Å². The van der Waals surface area contributed by atoms with Gasteiger partial charge in [0.15, 0.2) is 5.78 Å². The van der Waals surface area contributed by atoms with Crippen LogP contribution in [0.3, 0.4) is 0 Å². The van der Waals surface area contributed by atoms with Gasteiger partial charge in [0.05, 0.1) is 25.6 Å². The summed E-state index contributed by atoms with van der Waals surface area (Å²) in [4.78, 5) is 26.4. The van der Waals surface area contributed by atoms with Gasteiger partial charge in [-0.2, -0.15) is 0 Å². The van der Waals surface area contributed by atoms with Crippen molar-refractivity contribution in [2.45, 2.75) is 44.8 Å². The molecule has 0 radical (unpaired) electrons. The van der Waals surface area contributed by atoms with E-state index in [1.54, 1.807) is 30.2 Å². The third kappa shape index (κ3) is 3.18. The third-order valence-corrected chi connectivity index (χ3v) is 4.26. The van der Waals surface area contributed by atoms with Gasteiger partial charge in [-0.15, -0.1) is 0 Å². The second-order valence-electron chi connectivity index (χ2n) is 7.40. The van der Waals surface area contributed by atoms with Gasteiger partial charge >= 0.3 is 6.09 Å². The number of ether oxygens (including phenoxy) is 3. The summed E-state index contributed by atoms with van der Waals surface area (Å²) in [6.07, 6.45) is 0.506. The van der Waals surface area contributed by atoms with E-state index in [-0.39, 0.29) is 18.3 Å². The molecule has 2 aliphatic rings. The smallest absolute Gasteiger partial charge is 0.410 e. The second kappa shape index (κ2) is 5.69. The highest BCUT2D eigenvalue weighted by Crippen LogP contribution is 2.40. The summed E-state index contributed by atoms with van der Waals surface area (Å²) in [5.74, 6) is 1.20. The van der Waals surface area contributed by atoms with Gasteiger partial charge in [-0.3, -0.25) is 4.79 Å². The zero-order chi connectivity index (χ0) is 17.5. The van der Waals surface area contributed by atoms with Gasteiger partial charge in [-0.1, -0.05) is 0 Å². The average Bonchev–Trinajstić information content (AvgIpc) is 2.89. The molecule has 1 spiro atoms. The van der Waals surface area contributed by atoms with E-state index < -0.39 is 11.2 Å². The minimum Gasteiger partial charge on any atom is -0.497 e. The molecule has 0 saturated carbocycles. The number of methoxy groups -OCH3 is 1. The number of hydrogen-bond donors (Lipinski definition) is 0. The highest BCUT2D eigenvalue weighted by atomic mass is 16.6. The minimum atomic E-state index is -0.657. The van der Waals surface area contributed by atoms with Crippen LogP contribution in [0, 0.1) is 0 Å². The molecule has 6 nitrogen and oxygen atoms in total. The van der Waals surface area contributed by atoms with Crippen LogP contribution in [-0.4, -0.2) is 48.2 Å². The topological polar surface area (TPSA) is 65.1 Å². The largest absolute Gasteiger partial charge is 0.497 e. The molecule has 1 amide bonds. The summed E-state index contributed by atoms with van der Waals surface area (Å²) in [7, 11) is 1.56. The van der Waals surface area contributed by atoms with E-state index in [4.69, 9.17) is 14.2 Å². The van der Waals surface area contributed by atoms with Crippen molar-refractivity contribution in [1.29, 1.82) is 0 Å². The molecule has 1 aromatic carbocycles. The van der Waals surface area contributed by atoms with Gasteiger partial charge in [0, 0.05) is 13.0 Å². The predicted molar refractivity (Wildman–Crippen MR) is 87.7 cm³/mol. The van der Waals surface area contributed by atoms with Crippen LogP contribution in [0.25, 0.3) is 0 Å². The Morgan fingerprint density at radius 3 is 2.75 bits per heavy atom. The number of rotatable bonds is 1. The average molecular weight is 333 g/mol. The van der Waals surface area contributed by atoms with Crippen molar-refractivity contribution in [2.24, 2.45) is 0 Å². The highest BCUT2D eigenvalue weighted by Gasteiger charge is 2.47. The number of fused-ring (bicyclic) bond motifs is 1. The van der Waals surface area contributed by atoms with Crippen molar-refractivity contribution in [3.8, 4) is 11.5 Å². The number of benzene rings is 1. The molecule has 6 heteroatoms. The van der Waals surface area contributed by atoms with Crippen molar-refractivity contribution in [3.63, 3.8) is 0 Å². The lowest BCUT2D eigenvalue weighted by Crippen LogP contribution is -2.46. The van der Waals surface area contributed by atoms with Gasteiger partial charge in [0.1, 0.15) is 22.7 Å². The molecule has 1 fully saturated rings. The van der Waals surface area contributed by atoms with Gasteiger partial charge < -0.3 is 19.1 Å². The summed E-state index contributed by atoms with van der Waals surface area (Å²) >= 11 is 0. The molecule has 1 atom stereocenters. The Bertz CT molecular complexity index is 678. The molecule has 24 heavy (non-hydrogen) atoms. The lowest BCUT2D eigenvalue weighted by atomic mass is 9.89. The first-order valence-corrected chi connectivity index (χ1v) is 8.10. The summed E-state index contributed by atoms with van der Waals surface area (Å²) < 4.78 is 16.7. The van der Waals surface area contributed by atoms with Gasteiger partial charge in [-0.05, 0) is 39.0 Å². The molecule has 1 unspecified atom stereocenters. The molecule has 130 valence electrons. The normalized spacial score (nSPS) is 23.0. The van der Waals surface area contributed by atoms with E-state index in [1.807, 2.05) is 20.8 Å².